The Balaban J connectivity index is 2.01. The van der Waals surface area contributed by atoms with E-state index in [4.69, 9.17) is 0 Å². The molecule has 20 heavy (non-hydrogen) atoms. The lowest BCUT2D eigenvalue weighted by Gasteiger charge is -2.05. The lowest BCUT2D eigenvalue weighted by Crippen LogP contribution is -1.92. The van der Waals surface area contributed by atoms with Gasteiger partial charge in [-0.2, -0.15) is 5.10 Å². The Kier molecular flexibility index (Phi) is 2.39. The molecule has 0 atom stereocenters. The zero-order valence-electron chi connectivity index (χ0n) is 10.6. The minimum atomic E-state index is 0.800. The first-order valence-electron chi connectivity index (χ1n) is 6.33. The predicted molar refractivity (Wildman–Crippen MR) is 78.1 cm³/mol. The van der Waals surface area contributed by atoms with Crippen molar-refractivity contribution in [1.82, 2.24) is 20.2 Å². The van der Waals surface area contributed by atoms with Crippen LogP contribution in [0, 0.1) is 0 Å². The number of fused-ring (bicyclic) bond motifs is 2. The fraction of sp³-hybridized carbons (Fsp3) is 0. The number of pyridine rings is 2. The van der Waals surface area contributed by atoms with Crippen molar-refractivity contribution in [1.29, 1.82) is 0 Å². The van der Waals surface area contributed by atoms with Crippen LogP contribution in [0.3, 0.4) is 0 Å². The first-order chi connectivity index (χ1) is 9.92. The van der Waals surface area contributed by atoms with Gasteiger partial charge in [0.15, 0.2) is 0 Å². The fourth-order valence-electron chi connectivity index (χ4n) is 2.32. The summed E-state index contributed by atoms with van der Waals surface area (Å²) >= 11 is 0. The monoisotopic (exact) mass is 258 g/mol. The van der Waals surface area contributed by atoms with E-state index in [2.05, 4.69) is 20.2 Å². The van der Waals surface area contributed by atoms with Crippen LogP contribution in [0.25, 0.3) is 33.1 Å². The third-order valence-corrected chi connectivity index (χ3v) is 3.31. The van der Waals surface area contributed by atoms with Crippen LogP contribution in [0.4, 0.5) is 0 Å². The first kappa shape index (κ1) is 11.0. The number of rotatable bonds is 1. The summed E-state index contributed by atoms with van der Waals surface area (Å²) in [6, 6.07) is 14.0. The summed E-state index contributed by atoms with van der Waals surface area (Å²) in [6.45, 7) is 0. The lowest BCUT2D eigenvalue weighted by molar-refractivity contribution is 1.05. The van der Waals surface area contributed by atoms with E-state index in [-0.39, 0.29) is 0 Å². The highest BCUT2D eigenvalue weighted by atomic mass is 15.1. The van der Waals surface area contributed by atoms with Crippen molar-refractivity contribution in [2.24, 2.45) is 0 Å². The Morgan fingerprint density at radius 3 is 2.75 bits per heavy atom. The average Bonchev–Trinajstić information content (AvgIpc) is 2.54. The van der Waals surface area contributed by atoms with E-state index in [1.165, 1.54) is 0 Å². The second-order valence-electron chi connectivity index (χ2n) is 4.55. The van der Waals surface area contributed by atoms with Gasteiger partial charge in [-0.1, -0.05) is 30.3 Å². The van der Waals surface area contributed by atoms with Gasteiger partial charge in [-0.3, -0.25) is 4.98 Å². The molecule has 4 rings (SSSR count). The standard InChI is InChI=1S/C16H10N4/c1-2-4-13-12(3-1)9-18-20-16(13)14-6-5-11-7-8-17-10-15(11)19-14/h1-10H. The van der Waals surface area contributed by atoms with E-state index in [1.54, 1.807) is 18.6 Å². The molecule has 4 aromatic rings. The number of aromatic nitrogens is 4. The summed E-state index contributed by atoms with van der Waals surface area (Å²) in [5, 5.41) is 11.5. The van der Waals surface area contributed by atoms with Crippen molar-refractivity contribution in [2.75, 3.05) is 0 Å². The molecule has 3 heterocycles. The van der Waals surface area contributed by atoms with Crippen molar-refractivity contribution < 1.29 is 0 Å². The summed E-state index contributed by atoms with van der Waals surface area (Å²) in [5.74, 6) is 0. The van der Waals surface area contributed by atoms with Gasteiger partial charge in [-0.15, -0.1) is 5.10 Å². The van der Waals surface area contributed by atoms with Crippen LogP contribution in [0.1, 0.15) is 0 Å². The summed E-state index contributed by atoms with van der Waals surface area (Å²) in [6.07, 6.45) is 5.29. The van der Waals surface area contributed by atoms with Gasteiger partial charge in [0, 0.05) is 22.4 Å². The van der Waals surface area contributed by atoms with Crippen molar-refractivity contribution in [3.8, 4) is 11.4 Å². The molecule has 0 spiro atoms. The number of benzene rings is 1. The molecule has 0 fully saturated rings. The van der Waals surface area contributed by atoms with Gasteiger partial charge < -0.3 is 0 Å². The molecule has 0 saturated carbocycles. The molecular weight excluding hydrogens is 248 g/mol. The van der Waals surface area contributed by atoms with Gasteiger partial charge in [0.05, 0.1) is 23.6 Å². The van der Waals surface area contributed by atoms with Crippen LogP contribution in [0.5, 0.6) is 0 Å². The van der Waals surface area contributed by atoms with Gasteiger partial charge in [-0.05, 0) is 12.1 Å². The smallest absolute Gasteiger partial charge is 0.119 e. The largest absolute Gasteiger partial charge is 0.262 e. The van der Waals surface area contributed by atoms with Crippen molar-refractivity contribution in [3.63, 3.8) is 0 Å². The van der Waals surface area contributed by atoms with Crippen LogP contribution in [0.2, 0.25) is 0 Å². The highest BCUT2D eigenvalue weighted by Crippen LogP contribution is 2.25. The molecule has 0 bridgehead atoms. The maximum absolute atomic E-state index is 4.63. The Morgan fingerprint density at radius 2 is 1.75 bits per heavy atom. The van der Waals surface area contributed by atoms with Crippen LogP contribution in [0.15, 0.2) is 61.1 Å². The van der Waals surface area contributed by atoms with E-state index in [0.29, 0.717) is 0 Å². The van der Waals surface area contributed by atoms with Crippen LogP contribution >= 0.6 is 0 Å². The Hall–Kier alpha value is -2.88. The van der Waals surface area contributed by atoms with Crippen molar-refractivity contribution in [2.45, 2.75) is 0 Å². The molecule has 94 valence electrons. The third-order valence-electron chi connectivity index (χ3n) is 3.31. The maximum Gasteiger partial charge on any atom is 0.119 e. The van der Waals surface area contributed by atoms with E-state index in [9.17, 15) is 0 Å². The summed E-state index contributed by atoms with van der Waals surface area (Å²) < 4.78 is 0. The molecule has 0 aliphatic heterocycles. The topological polar surface area (TPSA) is 51.6 Å². The molecule has 0 saturated heterocycles. The normalized spacial score (nSPS) is 11.0. The highest BCUT2D eigenvalue weighted by molar-refractivity contribution is 5.94. The van der Waals surface area contributed by atoms with Crippen LogP contribution in [-0.2, 0) is 0 Å². The molecule has 0 radical (unpaired) electrons. The van der Waals surface area contributed by atoms with Gasteiger partial charge in [0.25, 0.3) is 0 Å². The van der Waals surface area contributed by atoms with Gasteiger partial charge >= 0.3 is 0 Å². The van der Waals surface area contributed by atoms with Gasteiger partial charge in [0.1, 0.15) is 5.69 Å². The Morgan fingerprint density at radius 1 is 0.800 bits per heavy atom. The van der Waals surface area contributed by atoms with Crippen molar-refractivity contribution >= 4 is 21.7 Å². The summed E-state index contributed by atoms with van der Waals surface area (Å²) in [7, 11) is 0. The van der Waals surface area contributed by atoms with Crippen molar-refractivity contribution in [3.05, 3.63) is 61.1 Å². The molecule has 0 aliphatic rings. The predicted octanol–water partition coefficient (Wildman–Crippen LogP) is 3.24. The molecule has 0 aliphatic carbocycles. The fourth-order valence-corrected chi connectivity index (χ4v) is 2.32. The zero-order chi connectivity index (χ0) is 13.4. The van der Waals surface area contributed by atoms with E-state index >= 15 is 0 Å². The minimum Gasteiger partial charge on any atom is -0.262 e. The maximum atomic E-state index is 4.63. The van der Waals surface area contributed by atoms with E-state index in [0.717, 1.165) is 33.1 Å². The summed E-state index contributed by atoms with van der Waals surface area (Å²) in [4.78, 5) is 8.74. The Labute approximate surface area is 115 Å². The van der Waals surface area contributed by atoms with E-state index in [1.807, 2.05) is 42.5 Å². The molecule has 4 nitrogen and oxygen atoms in total. The number of nitrogens with zero attached hydrogens (tertiary/aromatic N) is 4. The Bertz CT molecular complexity index is 913. The third kappa shape index (κ3) is 1.70. The van der Waals surface area contributed by atoms with Crippen LogP contribution < -0.4 is 0 Å². The average molecular weight is 258 g/mol. The molecule has 0 N–H and O–H groups in total. The second-order valence-corrected chi connectivity index (χ2v) is 4.55. The molecular formula is C16H10N4. The summed E-state index contributed by atoms with van der Waals surface area (Å²) in [5.41, 5.74) is 2.48. The number of hydrogen-bond donors (Lipinski definition) is 0. The zero-order valence-corrected chi connectivity index (χ0v) is 10.6. The SMILES string of the molecule is c1ccc2c(-c3ccc4ccncc4n3)nncc2c1. The quantitative estimate of drug-likeness (QED) is 0.526. The minimum absolute atomic E-state index is 0.800. The van der Waals surface area contributed by atoms with Gasteiger partial charge in [0.2, 0.25) is 0 Å². The molecule has 4 heteroatoms. The molecule has 0 unspecified atom stereocenters. The molecule has 0 amide bonds. The highest BCUT2D eigenvalue weighted by Gasteiger charge is 2.08. The first-order valence-corrected chi connectivity index (χ1v) is 6.33. The number of hydrogen-bond acceptors (Lipinski definition) is 4. The van der Waals surface area contributed by atoms with Crippen LogP contribution in [-0.4, -0.2) is 20.2 Å². The van der Waals surface area contributed by atoms with Gasteiger partial charge in [-0.25, -0.2) is 4.98 Å². The molecule has 3 aromatic heterocycles. The second kappa shape index (κ2) is 4.35. The molecule has 1 aromatic carbocycles. The lowest BCUT2D eigenvalue weighted by atomic mass is 10.1. The van der Waals surface area contributed by atoms with E-state index < -0.39 is 0 Å².